The Bertz CT molecular complexity index is 362. The summed E-state index contributed by atoms with van der Waals surface area (Å²) in [4.78, 5) is 0. The van der Waals surface area contributed by atoms with Gasteiger partial charge < -0.3 is 0 Å². The number of halogens is 1. The second-order valence-corrected chi connectivity index (χ2v) is 4.93. The van der Waals surface area contributed by atoms with Gasteiger partial charge in [-0.1, -0.05) is 65.2 Å². The molecule has 0 unspecified atom stereocenters. The van der Waals surface area contributed by atoms with Crippen LogP contribution in [0.2, 0.25) is 0 Å². The molecule has 1 rings (SSSR count). The number of allylic oxidation sites excluding steroid dienone is 1. The van der Waals surface area contributed by atoms with Gasteiger partial charge in [0.1, 0.15) is 0 Å². The third-order valence-electron chi connectivity index (χ3n) is 2.67. The summed E-state index contributed by atoms with van der Waals surface area (Å²) >= 11 is 3.55. The molecule has 0 nitrogen and oxygen atoms in total. The van der Waals surface area contributed by atoms with E-state index in [0.29, 0.717) is 5.92 Å². The van der Waals surface area contributed by atoms with Gasteiger partial charge in [0.15, 0.2) is 0 Å². The van der Waals surface area contributed by atoms with Gasteiger partial charge >= 0.3 is 0 Å². The Balaban J connectivity index is 3.10. The number of hydrogen-bond donors (Lipinski definition) is 0. The van der Waals surface area contributed by atoms with Crippen molar-refractivity contribution >= 4 is 22.0 Å². The van der Waals surface area contributed by atoms with Crippen LogP contribution in [0.25, 0.3) is 6.08 Å². The van der Waals surface area contributed by atoms with Crippen molar-refractivity contribution in [1.82, 2.24) is 0 Å². The molecule has 0 N–H and O–H groups in total. The van der Waals surface area contributed by atoms with Crippen LogP contribution in [0.15, 0.2) is 23.8 Å². The lowest BCUT2D eigenvalue weighted by atomic mass is 9.98. The van der Waals surface area contributed by atoms with Crippen molar-refractivity contribution in [3.8, 4) is 0 Å². The fraction of sp³-hybridized carbons (Fsp3) is 0.429. The minimum atomic E-state index is 0.601. The molecule has 0 aliphatic heterocycles. The molecular weight excluding hydrogens is 248 g/mol. The van der Waals surface area contributed by atoms with Crippen LogP contribution >= 0.6 is 15.9 Å². The molecular formula is C14H19Br. The molecule has 0 aromatic heterocycles. The van der Waals surface area contributed by atoms with Crippen LogP contribution in [0.3, 0.4) is 0 Å². The van der Waals surface area contributed by atoms with Crippen molar-refractivity contribution < 1.29 is 0 Å². The number of hydrogen-bond acceptors (Lipinski definition) is 0. The minimum absolute atomic E-state index is 0.601. The SMILES string of the molecule is Cc1ccc(C)c(C=C(CBr)C(C)C)c1. The van der Waals surface area contributed by atoms with E-state index in [-0.39, 0.29) is 0 Å². The quantitative estimate of drug-likeness (QED) is 0.694. The van der Waals surface area contributed by atoms with Crippen LogP contribution in [0.4, 0.5) is 0 Å². The van der Waals surface area contributed by atoms with E-state index < -0.39 is 0 Å². The molecule has 0 aliphatic carbocycles. The van der Waals surface area contributed by atoms with Crippen LogP contribution in [-0.4, -0.2) is 5.33 Å². The maximum absolute atomic E-state index is 3.55. The Labute approximate surface area is 102 Å². The van der Waals surface area contributed by atoms with Crippen molar-refractivity contribution in [3.63, 3.8) is 0 Å². The van der Waals surface area contributed by atoms with Crippen LogP contribution in [0.5, 0.6) is 0 Å². The Hall–Kier alpha value is -0.560. The molecule has 0 radical (unpaired) electrons. The largest absolute Gasteiger partial charge is 0.0880 e. The standard InChI is InChI=1S/C14H19Br/c1-10(2)14(9-15)8-13-7-11(3)5-6-12(13)4/h5-8,10H,9H2,1-4H3. The summed E-state index contributed by atoms with van der Waals surface area (Å²) < 4.78 is 0. The van der Waals surface area contributed by atoms with Gasteiger partial charge in [0.05, 0.1) is 0 Å². The summed E-state index contributed by atoms with van der Waals surface area (Å²) in [6.07, 6.45) is 2.31. The predicted octanol–water partition coefficient (Wildman–Crippen LogP) is 4.74. The van der Waals surface area contributed by atoms with Crippen molar-refractivity contribution in [1.29, 1.82) is 0 Å². The Morgan fingerprint density at radius 3 is 2.53 bits per heavy atom. The van der Waals surface area contributed by atoms with E-state index in [4.69, 9.17) is 0 Å². The molecule has 0 saturated heterocycles. The van der Waals surface area contributed by atoms with Crippen LogP contribution in [-0.2, 0) is 0 Å². The lowest BCUT2D eigenvalue weighted by molar-refractivity contribution is 0.780. The van der Waals surface area contributed by atoms with Gasteiger partial charge in [0, 0.05) is 5.33 Å². The van der Waals surface area contributed by atoms with Crippen LogP contribution in [0, 0.1) is 19.8 Å². The fourth-order valence-electron chi connectivity index (χ4n) is 1.47. The monoisotopic (exact) mass is 266 g/mol. The first-order valence-corrected chi connectivity index (χ1v) is 6.50. The molecule has 0 spiro atoms. The molecule has 1 heteroatoms. The highest BCUT2D eigenvalue weighted by atomic mass is 79.9. The molecule has 82 valence electrons. The number of rotatable bonds is 3. The summed E-state index contributed by atoms with van der Waals surface area (Å²) in [6, 6.07) is 6.60. The normalized spacial score (nSPS) is 12.3. The van der Waals surface area contributed by atoms with Gasteiger partial charge in [-0.05, 0) is 30.9 Å². The topological polar surface area (TPSA) is 0 Å². The van der Waals surface area contributed by atoms with Gasteiger partial charge in [-0.15, -0.1) is 0 Å². The number of alkyl halides is 1. The van der Waals surface area contributed by atoms with Gasteiger partial charge in [0.2, 0.25) is 0 Å². The van der Waals surface area contributed by atoms with Gasteiger partial charge in [0.25, 0.3) is 0 Å². The average molecular weight is 267 g/mol. The molecule has 0 fully saturated rings. The van der Waals surface area contributed by atoms with Crippen molar-refractivity contribution in [2.45, 2.75) is 27.7 Å². The van der Waals surface area contributed by atoms with Crippen molar-refractivity contribution in [3.05, 3.63) is 40.5 Å². The lowest BCUT2D eigenvalue weighted by Gasteiger charge is -2.09. The Kier molecular flexibility index (Phi) is 4.59. The average Bonchev–Trinajstić information content (AvgIpc) is 2.18. The van der Waals surface area contributed by atoms with Crippen molar-refractivity contribution in [2.75, 3.05) is 5.33 Å². The van der Waals surface area contributed by atoms with Gasteiger partial charge in [-0.3, -0.25) is 0 Å². The maximum atomic E-state index is 3.55. The first-order valence-electron chi connectivity index (χ1n) is 5.38. The van der Waals surface area contributed by atoms with E-state index >= 15 is 0 Å². The molecule has 0 bridgehead atoms. The fourth-order valence-corrected chi connectivity index (χ4v) is 2.28. The van der Waals surface area contributed by atoms with Gasteiger partial charge in [-0.2, -0.15) is 0 Å². The van der Waals surface area contributed by atoms with E-state index in [1.807, 2.05) is 0 Å². The minimum Gasteiger partial charge on any atom is -0.0880 e. The molecule has 0 amide bonds. The van der Waals surface area contributed by atoms with Gasteiger partial charge in [-0.25, -0.2) is 0 Å². The molecule has 0 atom stereocenters. The Morgan fingerprint density at radius 2 is 2.00 bits per heavy atom. The molecule has 1 aromatic carbocycles. The predicted molar refractivity (Wildman–Crippen MR) is 72.5 cm³/mol. The zero-order chi connectivity index (χ0) is 11.4. The van der Waals surface area contributed by atoms with E-state index in [1.54, 1.807) is 0 Å². The molecule has 0 aliphatic rings. The second-order valence-electron chi connectivity index (χ2n) is 4.37. The van der Waals surface area contributed by atoms with E-state index in [1.165, 1.54) is 22.3 Å². The highest BCUT2D eigenvalue weighted by Gasteiger charge is 2.03. The third-order valence-corrected chi connectivity index (χ3v) is 3.32. The van der Waals surface area contributed by atoms with Crippen LogP contribution in [0.1, 0.15) is 30.5 Å². The highest BCUT2D eigenvalue weighted by molar-refractivity contribution is 9.09. The summed E-state index contributed by atoms with van der Waals surface area (Å²) in [5.74, 6) is 0.601. The first kappa shape index (κ1) is 12.5. The van der Waals surface area contributed by atoms with E-state index in [9.17, 15) is 0 Å². The summed E-state index contributed by atoms with van der Waals surface area (Å²) in [6.45, 7) is 8.77. The highest BCUT2D eigenvalue weighted by Crippen LogP contribution is 2.20. The number of aryl methyl sites for hydroxylation is 2. The third kappa shape index (κ3) is 3.49. The molecule has 15 heavy (non-hydrogen) atoms. The van der Waals surface area contributed by atoms with E-state index in [2.05, 4.69) is 67.9 Å². The first-order chi connectivity index (χ1) is 7.04. The zero-order valence-corrected chi connectivity index (χ0v) is 11.6. The molecule has 0 saturated carbocycles. The summed E-state index contributed by atoms with van der Waals surface area (Å²) in [5, 5.41) is 0.956. The zero-order valence-electron chi connectivity index (χ0n) is 9.97. The Morgan fingerprint density at radius 1 is 1.33 bits per heavy atom. The molecule has 0 heterocycles. The lowest BCUT2D eigenvalue weighted by Crippen LogP contribution is -1.95. The van der Waals surface area contributed by atoms with Crippen LogP contribution < -0.4 is 0 Å². The van der Waals surface area contributed by atoms with E-state index in [0.717, 1.165) is 5.33 Å². The smallest absolute Gasteiger partial charge is 0.0247 e. The summed E-state index contributed by atoms with van der Waals surface area (Å²) in [5.41, 5.74) is 5.46. The molecule has 1 aromatic rings. The number of benzene rings is 1. The summed E-state index contributed by atoms with van der Waals surface area (Å²) in [7, 11) is 0. The maximum Gasteiger partial charge on any atom is 0.0247 e. The second kappa shape index (κ2) is 5.50. The van der Waals surface area contributed by atoms with Crippen molar-refractivity contribution in [2.24, 2.45) is 5.92 Å².